The molecule has 1 heteroatoms. The van der Waals surface area contributed by atoms with Crippen LogP contribution in [0, 0.1) is 5.92 Å². The molecule has 0 rings (SSSR count). The fourth-order valence-electron chi connectivity index (χ4n) is 2.41. The third-order valence-electron chi connectivity index (χ3n) is 3.40. The quantitative estimate of drug-likeness (QED) is 0.580. The zero-order valence-corrected chi connectivity index (χ0v) is 11.7. The van der Waals surface area contributed by atoms with Crippen LogP contribution in [0.2, 0.25) is 0 Å². The van der Waals surface area contributed by atoms with E-state index in [4.69, 9.17) is 0 Å². The standard InChI is InChI=1S/C14H31N/c1-7-9-14(8-2)10-11-15(12(3)4)13(5)6/h12-14H,7-11H2,1-6H3. The van der Waals surface area contributed by atoms with Crippen LogP contribution in [-0.2, 0) is 0 Å². The lowest BCUT2D eigenvalue weighted by atomic mass is 9.96. The third kappa shape index (κ3) is 6.19. The number of rotatable bonds is 8. The Morgan fingerprint density at radius 1 is 0.867 bits per heavy atom. The van der Waals surface area contributed by atoms with Crippen molar-refractivity contribution in [2.45, 2.75) is 79.3 Å². The molecule has 0 aromatic rings. The first-order chi connectivity index (χ1) is 7.02. The molecule has 0 aliphatic heterocycles. The maximum absolute atomic E-state index is 2.61. The molecule has 0 heterocycles. The Hall–Kier alpha value is -0.0400. The van der Waals surface area contributed by atoms with Crippen molar-refractivity contribution in [2.75, 3.05) is 6.54 Å². The molecule has 0 saturated carbocycles. The fourth-order valence-corrected chi connectivity index (χ4v) is 2.41. The summed E-state index contributed by atoms with van der Waals surface area (Å²) in [6.07, 6.45) is 5.46. The number of hydrogen-bond donors (Lipinski definition) is 0. The Kier molecular flexibility index (Phi) is 8.13. The van der Waals surface area contributed by atoms with E-state index in [0.717, 1.165) is 5.92 Å². The molecule has 0 aromatic carbocycles. The highest BCUT2D eigenvalue weighted by molar-refractivity contribution is 4.69. The zero-order valence-electron chi connectivity index (χ0n) is 11.7. The van der Waals surface area contributed by atoms with E-state index in [1.54, 1.807) is 0 Å². The van der Waals surface area contributed by atoms with E-state index in [1.165, 1.54) is 32.2 Å². The average molecular weight is 213 g/mol. The summed E-state index contributed by atoms with van der Waals surface area (Å²) in [5, 5.41) is 0. The second kappa shape index (κ2) is 8.15. The van der Waals surface area contributed by atoms with Crippen LogP contribution in [0.5, 0.6) is 0 Å². The first-order valence-electron chi connectivity index (χ1n) is 6.78. The molecule has 0 saturated heterocycles. The first kappa shape index (κ1) is 15.0. The summed E-state index contributed by atoms with van der Waals surface area (Å²) in [5.74, 6) is 0.940. The average Bonchev–Trinajstić information content (AvgIpc) is 2.15. The van der Waals surface area contributed by atoms with Crippen LogP contribution in [0.4, 0.5) is 0 Å². The molecular weight excluding hydrogens is 182 g/mol. The van der Waals surface area contributed by atoms with Gasteiger partial charge in [0.2, 0.25) is 0 Å². The van der Waals surface area contributed by atoms with Crippen molar-refractivity contribution < 1.29 is 0 Å². The lowest BCUT2D eigenvalue weighted by Gasteiger charge is -2.31. The van der Waals surface area contributed by atoms with Crippen molar-refractivity contribution in [3.8, 4) is 0 Å². The van der Waals surface area contributed by atoms with E-state index in [9.17, 15) is 0 Å². The lowest BCUT2D eigenvalue weighted by molar-refractivity contribution is 0.160. The van der Waals surface area contributed by atoms with E-state index in [1.807, 2.05) is 0 Å². The Labute approximate surface area is 97.2 Å². The highest BCUT2D eigenvalue weighted by Gasteiger charge is 2.14. The van der Waals surface area contributed by atoms with Crippen molar-refractivity contribution in [3.05, 3.63) is 0 Å². The van der Waals surface area contributed by atoms with Crippen LogP contribution in [-0.4, -0.2) is 23.5 Å². The summed E-state index contributed by atoms with van der Waals surface area (Å²) in [7, 11) is 0. The highest BCUT2D eigenvalue weighted by atomic mass is 15.2. The number of nitrogens with zero attached hydrogens (tertiary/aromatic N) is 1. The molecule has 0 amide bonds. The van der Waals surface area contributed by atoms with Crippen LogP contribution < -0.4 is 0 Å². The molecule has 0 fully saturated rings. The Morgan fingerprint density at radius 2 is 1.40 bits per heavy atom. The smallest absolute Gasteiger partial charge is 0.00412 e. The van der Waals surface area contributed by atoms with Crippen molar-refractivity contribution in [3.63, 3.8) is 0 Å². The minimum atomic E-state index is 0.684. The van der Waals surface area contributed by atoms with Gasteiger partial charge in [-0.15, -0.1) is 0 Å². The third-order valence-corrected chi connectivity index (χ3v) is 3.40. The Balaban J connectivity index is 3.96. The SMILES string of the molecule is CCCC(CC)CCN(C(C)C)C(C)C. The molecule has 1 nitrogen and oxygen atoms in total. The Bertz CT molecular complexity index is 132. The summed E-state index contributed by atoms with van der Waals surface area (Å²) in [6, 6.07) is 1.37. The van der Waals surface area contributed by atoms with Gasteiger partial charge in [-0.25, -0.2) is 0 Å². The summed E-state index contributed by atoms with van der Waals surface area (Å²) in [4.78, 5) is 2.61. The van der Waals surface area contributed by atoms with E-state index in [0.29, 0.717) is 12.1 Å². The van der Waals surface area contributed by atoms with Crippen LogP contribution in [0.25, 0.3) is 0 Å². The molecule has 0 radical (unpaired) electrons. The molecular formula is C14H31N. The molecule has 1 unspecified atom stereocenters. The van der Waals surface area contributed by atoms with Crippen molar-refractivity contribution in [1.82, 2.24) is 4.90 Å². The van der Waals surface area contributed by atoms with Gasteiger partial charge in [0.25, 0.3) is 0 Å². The second-order valence-corrected chi connectivity index (χ2v) is 5.28. The van der Waals surface area contributed by atoms with E-state index < -0.39 is 0 Å². The van der Waals surface area contributed by atoms with Gasteiger partial charge in [-0.2, -0.15) is 0 Å². The summed E-state index contributed by atoms with van der Waals surface area (Å²) in [5.41, 5.74) is 0. The summed E-state index contributed by atoms with van der Waals surface area (Å²) < 4.78 is 0. The van der Waals surface area contributed by atoms with Crippen molar-refractivity contribution >= 4 is 0 Å². The second-order valence-electron chi connectivity index (χ2n) is 5.28. The molecule has 0 N–H and O–H groups in total. The van der Waals surface area contributed by atoms with Gasteiger partial charge in [-0.3, -0.25) is 4.90 Å². The van der Waals surface area contributed by atoms with Gasteiger partial charge in [0.15, 0.2) is 0 Å². The monoisotopic (exact) mass is 213 g/mol. The molecule has 0 aromatic heterocycles. The first-order valence-corrected chi connectivity index (χ1v) is 6.78. The molecule has 0 spiro atoms. The van der Waals surface area contributed by atoms with Gasteiger partial charge < -0.3 is 0 Å². The van der Waals surface area contributed by atoms with E-state index >= 15 is 0 Å². The molecule has 0 aliphatic carbocycles. The van der Waals surface area contributed by atoms with Gasteiger partial charge in [0.05, 0.1) is 0 Å². The molecule has 15 heavy (non-hydrogen) atoms. The van der Waals surface area contributed by atoms with Gasteiger partial charge in [-0.05, 0) is 46.6 Å². The molecule has 0 aliphatic rings. The van der Waals surface area contributed by atoms with Gasteiger partial charge >= 0.3 is 0 Å². The van der Waals surface area contributed by atoms with Gasteiger partial charge in [0.1, 0.15) is 0 Å². The molecule has 1 atom stereocenters. The van der Waals surface area contributed by atoms with Crippen molar-refractivity contribution in [1.29, 1.82) is 0 Å². The minimum Gasteiger partial charge on any atom is -0.299 e. The van der Waals surface area contributed by atoms with E-state index in [2.05, 4.69) is 46.4 Å². The van der Waals surface area contributed by atoms with E-state index in [-0.39, 0.29) is 0 Å². The molecule has 0 bridgehead atoms. The topological polar surface area (TPSA) is 3.24 Å². The summed E-state index contributed by atoms with van der Waals surface area (Å²) >= 11 is 0. The Morgan fingerprint density at radius 3 is 1.73 bits per heavy atom. The van der Waals surface area contributed by atoms with Crippen LogP contribution in [0.15, 0.2) is 0 Å². The number of hydrogen-bond acceptors (Lipinski definition) is 1. The van der Waals surface area contributed by atoms with Gasteiger partial charge in [-0.1, -0.05) is 33.1 Å². The highest BCUT2D eigenvalue weighted by Crippen LogP contribution is 2.17. The molecule has 92 valence electrons. The fraction of sp³-hybridized carbons (Fsp3) is 1.00. The lowest BCUT2D eigenvalue weighted by Crippen LogP contribution is -2.38. The van der Waals surface area contributed by atoms with Crippen LogP contribution in [0.1, 0.15) is 67.2 Å². The van der Waals surface area contributed by atoms with Crippen molar-refractivity contribution in [2.24, 2.45) is 5.92 Å². The largest absolute Gasteiger partial charge is 0.299 e. The normalized spacial score (nSPS) is 14.2. The summed E-state index contributed by atoms with van der Waals surface area (Å²) in [6.45, 7) is 15.1. The van der Waals surface area contributed by atoms with Crippen LogP contribution >= 0.6 is 0 Å². The van der Waals surface area contributed by atoms with Gasteiger partial charge in [0, 0.05) is 12.1 Å². The maximum Gasteiger partial charge on any atom is 0.00412 e. The van der Waals surface area contributed by atoms with Crippen LogP contribution in [0.3, 0.4) is 0 Å². The predicted molar refractivity (Wildman–Crippen MR) is 70.3 cm³/mol. The predicted octanol–water partition coefficient (Wildman–Crippen LogP) is 4.32. The zero-order chi connectivity index (χ0) is 11.8. The minimum absolute atomic E-state index is 0.684. The maximum atomic E-state index is 2.61.